The Labute approximate surface area is 196 Å². The van der Waals surface area contributed by atoms with Gasteiger partial charge in [-0.25, -0.2) is 13.6 Å². The lowest BCUT2D eigenvalue weighted by molar-refractivity contribution is 0.0996. The SMILES string of the molecule is CCCC(NC(=O)Nc1snc(OCc2c(F)cc(Br)cc2F)c1C(N)=O)C1CCNC1. The van der Waals surface area contributed by atoms with Crippen molar-refractivity contribution in [3.63, 3.8) is 0 Å². The van der Waals surface area contributed by atoms with Gasteiger partial charge in [0.2, 0.25) is 5.88 Å². The van der Waals surface area contributed by atoms with Gasteiger partial charge in [-0.3, -0.25) is 10.1 Å². The van der Waals surface area contributed by atoms with Gasteiger partial charge < -0.3 is 21.1 Å². The molecule has 3 amide bonds. The Morgan fingerprint density at radius 3 is 2.72 bits per heavy atom. The Kier molecular flexibility index (Phi) is 8.38. The van der Waals surface area contributed by atoms with Crippen LogP contribution >= 0.6 is 27.5 Å². The van der Waals surface area contributed by atoms with Gasteiger partial charge in [-0.1, -0.05) is 29.3 Å². The zero-order valence-corrected chi connectivity index (χ0v) is 19.7. The molecule has 3 rings (SSSR count). The molecule has 8 nitrogen and oxygen atoms in total. The summed E-state index contributed by atoms with van der Waals surface area (Å²) in [5.74, 6) is -2.38. The molecule has 0 aliphatic carbocycles. The van der Waals surface area contributed by atoms with Gasteiger partial charge in [-0.15, -0.1) is 0 Å². The second-order valence-electron chi connectivity index (χ2n) is 7.44. The van der Waals surface area contributed by atoms with Gasteiger partial charge in [0.1, 0.15) is 28.8 Å². The average Bonchev–Trinajstić information content (AvgIpc) is 3.37. The van der Waals surface area contributed by atoms with Crippen molar-refractivity contribution in [2.24, 2.45) is 11.7 Å². The molecular formula is C20H24BrF2N5O3S. The van der Waals surface area contributed by atoms with Crippen molar-refractivity contribution in [2.45, 2.75) is 38.8 Å². The lowest BCUT2D eigenvalue weighted by atomic mass is 9.95. The number of urea groups is 1. The maximum Gasteiger partial charge on any atom is 0.320 e. The molecular weight excluding hydrogens is 508 g/mol. The van der Waals surface area contributed by atoms with E-state index in [1.165, 1.54) is 0 Å². The standard InChI is InChI=1S/C20H24BrF2N5O3S/c1-2-3-15(10-4-5-25-8-10)26-20(30)27-19-16(17(24)29)18(28-32-19)31-9-12-13(22)6-11(21)7-14(12)23/h6-7,10,15,25H,2-5,8-9H2,1H3,(H2,24,29)(H2,26,27,30). The summed E-state index contributed by atoms with van der Waals surface area (Å²) in [4.78, 5) is 24.6. The van der Waals surface area contributed by atoms with Crippen LogP contribution in [0.3, 0.4) is 0 Å². The fraction of sp³-hybridized carbons (Fsp3) is 0.450. The predicted molar refractivity (Wildman–Crippen MR) is 121 cm³/mol. The van der Waals surface area contributed by atoms with Crippen molar-refractivity contribution in [1.29, 1.82) is 0 Å². The number of nitrogens with one attached hydrogen (secondary N) is 3. The van der Waals surface area contributed by atoms with Crippen LogP contribution in [0.4, 0.5) is 18.6 Å². The molecule has 2 heterocycles. The van der Waals surface area contributed by atoms with E-state index in [0.29, 0.717) is 5.92 Å². The highest BCUT2D eigenvalue weighted by molar-refractivity contribution is 9.10. The minimum atomic E-state index is -0.883. The maximum absolute atomic E-state index is 14.0. The monoisotopic (exact) mass is 531 g/mol. The number of aromatic nitrogens is 1. The van der Waals surface area contributed by atoms with E-state index in [2.05, 4.69) is 36.3 Å². The Hall–Kier alpha value is -2.31. The van der Waals surface area contributed by atoms with Crippen molar-refractivity contribution in [2.75, 3.05) is 18.4 Å². The largest absolute Gasteiger partial charge is 0.471 e. The van der Waals surface area contributed by atoms with E-state index in [4.69, 9.17) is 10.5 Å². The quantitative estimate of drug-likeness (QED) is 0.392. The van der Waals surface area contributed by atoms with Crippen LogP contribution < -0.4 is 26.4 Å². The second kappa shape index (κ2) is 11.0. The number of nitrogens with zero attached hydrogens (tertiary/aromatic N) is 1. The van der Waals surface area contributed by atoms with Crippen LogP contribution in [0.1, 0.15) is 42.1 Å². The maximum atomic E-state index is 14.0. The van der Waals surface area contributed by atoms with Crippen molar-refractivity contribution in [3.05, 3.63) is 39.4 Å². The number of nitrogens with two attached hydrogens (primary N) is 1. The highest BCUT2D eigenvalue weighted by Crippen LogP contribution is 2.31. The molecule has 0 spiro atoms. The van der Waals surface area contributed by atoms with Crippen LogP contribution in [0, 0.1) is 17.6 Å². The normalized spacial score (nSPS) is 16.6. The molecule has 1 aromatic heterocycles. The number of ether oxygens (including phenoxy) is 1. The fourth-order valence-corrected chi connectivity index (χ4v) is 4.73. The summed E-state index contributed by atoms with van der Waals surface area (Å²) >= 11 is 3.80. The molecule has 1 aromatic carbocycles. The minimum absolute atomic E-state index is 0.0148. The smallest absolute Gasteiger partial charge is 0.320 e. The van der Waals surface area contributed by atoms with Crippen LogP contribution in [0.15, 0.2) is 16.6 Å². The molecule has 1 aliphatic rings. The molecule has 2 aromatic rings. The lowest BCUT2D eigenvalue weighted by Crippen LogP contribution is -2.43. The number of halogens is 3. The molecule has 1 saturated heterocycles. The van der Waals surface area contributed by atoms with Crippen molar-refractivity contribution in [1.82, 2.24) is 15.0 Å². The van der Waals surface area contributed by atoms with Gasteiger partial charge in [-0.05, 0) is 55.5 Å². The highest BCUT2D eigenvalue weighted by atomic mass is 79.9. The summed E-state index contributed by atoms with van der Waals surface area (Å²) in [7, 11) is 0. The topological polar surface area (TPSA) is 118 Å². The number of hydrogen-bond acceptors (Lipinski definition) is 6. The van der Waals surface area contributed by atoms with E-state index in [-0.39, 0.29) is 32.5 Å². The Balaban J connectivity index is 1.70. The third-order valence-corrected chi connectivity index (χ3v) is 6.38. The Bertz CT molecular complexity index is 961. The molecule has 2 atom stereocenters. The van der Waals surface area contributed by atoms with E-state index in [1.54, 1.807) is 0 Å². The number of rotatable bonds is 9. The minimum Gasteiger partial charge on any atom is -0.471 e. The molecule has 0 saturated carbocycles. The molecule has 1 fully saturated rings. The summed E-state index contributed by atoms with van der Waals surface area (Å²) in [5, 5.41) is 8.94. The van der Waals surface area contributed by atoms with Crippen LogP contribution in [-0.2, 0) is 6.61 Å². The molecule has 0 radical (unpaired) electrons. The van der Waals surface area contributed by atoms with Crippen LogP contribution in [0.2, 0.25) is 0 Å². The first kappa shape index (κ1) is 24.3. The third kappa shape index (κ3) is 5.93. The molecule has 12 heteroatoms. The first-order valence-corrected chi connectivity index (χ1v) is 11.7. The Morgan fingerprint density at radius 1 is 1.41 bits per heavy atom. The van der Waals surface area contributed by atoms with Gasteiger partial charge in [0.05, 0.1) is 5.56 Å². The zero-order chi connectivity index (χ0) is 23.3. The first-order valence-electron chi connectivity index (χ1n) is 10.1. The van der Waals surface area contributed by atoms with Crippen LogP contribution in [0.25, 0.3) is 0 Å². The molecule has 5 N–H and O–H groups in total. The number of amides is 3. The molecule has 174 valence electrons. The summed E-state index contributed by atoms with van der Waals surface area (Å²) < 4.78 is 37.7. The summed E-state index contributed by atoms with van der Waals surface area (Å²) in [6.45, 7) is 3.28. The lowest BCUT2D eigenvalue weighted by Gasteiger charge is -2.23. The third-order valence-electron chi connectivity index (χ3n) is 5.18. The van der Waals surface area contributed by atoms with E-state index in [9.17, 15) is 18.4 Å². The fourth-order valence-electron chi connectivity index (χ4n) is 3.59. The predicted octanol–water partition coefficient (Wildman–Crippen LogP) is 3.76. The Morgan fingerprint density at radius 2 is 2.12 bits per heavy atom. The van der Waals surface area contributed by atoms with Crippen LogP contribution in [-0.4, -0.2) is 35.4 Å². The van der Waals surface area contributed by atoms with E-state index in [0.717, 1.165) is 56.0 Å². The number of anilines is 1. The molecule has 32 heavy (non-hydrogen) atoms. The molecule has 2 unspecified atom stereocenters. The number of primary amides is 1. The number of carbonyl (C=O) groups is 2. The second-order valence-corrected chi connectivity index (χ2v) is 9.13. The summed E-state index contributed by atoms with van der Waals surface area (Å²) in [6, 6.07) is 1.70. The van der Waals surface area contributed by atoms with Gasteiger partial charge in [0.25, 0.3) is 5.91 Å². The highest BCUT2D eigenvalue weighted by Gasteiger charge is 2.27. The van der Waals surface area contributed by atoms with Gasteiger partial charge in [-0.2, -0.15) is 4.37 Å². The number of benzene rings is 1. The molecule has 1 aliphatic heterocycles. The van der Waals surface area contributed by atoms with Gasteiger partial charge in [0, 0.05) is 10.5 Å². The first-order chi connectivity index (χ1) is 15.3. The number of carbonyl (C=O) groups excluding carboxylic acids is 2. The van der Waals surface area contributed by atoms with Crippen molar-refractivity contribution in [3.8, 4) is 5.88 Å². The van der Waals surface area contributed by atoms with Gasteiger partial charge in [0.15, 0.2) is 0 Å². The molecule has 0 bridgehead atoms. The van der Waals surface area contributed by atoms with E-state index < -0.39 is 30.2 Å². The summed E-state index contributed by atoms with van der Waals surface area (Å²) in [6.07, 6.45) is 2.71. The van der Waals surface area contributed by atoms with Crippen molar-refractivity contribution < 1.29 is 23.1 Å². The average molecular weight is 532 g/mol. The summed E-state index contributed by atoms with van der Waals surface area (Å²) in [5.41, 5.74) is 4.97. The zero-order valence-electron chi connectivity index (χ0n) is 17.3. The van der Waals surface area contributed by atoms with Crippen molar-refractivity contribution >= 4 is 44.4 Å². The number of hydrogen-bond donors (Lipinski definition) is 4. The van der Waals surface area contributed by atoms with E-state index in [1.807, 2.05) is 6.92 Å². The van der Waals surface area contributed by atoms with E-state index >= 15 is 0 Å². The van der Waals surface area contributed by atoms with Crippen LogP contribution in [0.5, 0.6) is 5.88 Å². The van der Waals surface area contributed by atoms with Gasteiger partial charge >= 0.3 is 6.03 Å².